The maximum absolute atomic E-state index is 12.6. The number of carbonyl (C=O) groups excluding carboxylic acids is 1. The van der Waals surface area contributed by atoms with Crippen molar-refractivity contribution in [3.05, 3.63) is 72.2 Å². The van der Waals surface area contributed by atoms with E-state index in [4.69, 9.17) is 9.47 Å². The molecule has 0 N–H and O–H groups in total. The Hall–Kier alpha value is -3.32. The summed E-state index contributed by atoms with van der Waals surface area (Å²) in [7, 11) is 1.60. The Morgan fingerprint density at radius 3 is 2.52 bits per heavy atom. The molecule has 0 radical (unpaired) electrons. The van der Waals surface area contributed by atoms with Crippen LogP contribution in [0.4, 0.5) is 0 Å². The van der Waals surface area contributed by atoms with Crippen LogP contribution in [0.3, 0.4) is 0 Å². The van der Waals surface area contributed by atoms with Crippen LogP contribution >= 0.6 is 0 Å². The number of hydrogen-bond acceptors (Lipinski definition) is 6. The minimum absolute atomic E-state index is 0.0973. The molecule has 2 aromatic heterocycles. The Kier molecular flexibility index (Phi) is 7.24. The Morgan fingerprint density at radius 2 is 1.83 bits per heavy atom. The van der Waals surface area contributed by atoms with Gasteiger partial charge in [0, 0.05) is 44.2 Å². The number of likely N-dealkylation sites (N-methyl/N-ethyl adjacent to an activating group) is 1. The standard InChI is InChI=1S/C22H24N4O3/c1-3-26(14-17-7-5-4-6-8-17)21(27)16-29-20-13-19(15-28-2)24-22(25-20)18-9-11-23-12-10-18/h4-13H,3,14-16H2,1-2H3. The van der Waals surface area contributed by atoms with Gasteiger partial charge in [0.15, 0.2) is 12.4 Å². The average Bonchev–Trinajstić information content (AvgIpc) is 2.77. The number of nitrogens with zero attached hydrogens (tertiary/aromatic N) is 4. The Balaban J connectivity index is 1.71. The van der Waals surface area contributed by atoms with Crippen molar-refractivity contribution in [1.29, 1.82) is 0 Å². The van der Waals surface area contributed by atoms with Gasteiger partial charge in [0.2, 0.25) is 5.88 Å². The second kappa shape index (κ2) is 10.3. The average molecular weight is 392 g/mol. The van der Waals surface area contributed by atoms with Crippen molar-refractivity contribution in [3.8, 4) is 17.3 Å². The van der Waals surface area contributed by atoms with E-state index in [2.05, 4.69) is 15.0 Å². The fourth-order valence-electron chi connectivity index (χ4n) is 2.81. The van der Waals surface area contributed by atoms with Crippen molar-refractivity contribution in [3.63, 3.8) is 0 Å². The molecule has 3 aromatic rings. The van der Waals surface area contributed by atoms with Crippen LogP contribution in [-0.2, 0) is 22.7 Å². The molecule has 150 valence electrons. The lowest BCUT2D eigenvalue weighted by molar-refractivity contribution is -0.133. The molecule has 1 aromatic carbocycles. The number of ether oxygens (including phenoxy) is 2. The first-order valence-electron chi connectivity index (χ1n) is 9.41. The van der Waals surface area contributed by atoms with Crippen LogP contribution in [0.2, 0.25) is 0 Å². The van der Waals surface area contributed by atoms with Gasteiger partial charge in [-0.2, -0.15) is 4.98 Å². The Labute approximate surface area is 170 Å². The minimum Gasteiger partial charge on any atom is -0.467 e. The molecule has 0 unspecified atom stereocenters. The monoisotopic (exact) mass is 392 g/mol. The van der Waals surface area contributed by atoms with Crippen LogP contribution in [0.15, 0.2) is 60.9 Å². The van der Waals surface area contributed by atoms with E-state index >= 15 is 0 Å². The van der Waals surface area contributed by atoms with Crippen molar-refractivity contribution in [2.75, 3.05) is 20.3 Å². The van der Waals surface area contributed by atoms with Crippen molar-refractivity contribution in [2.24, 2.45) is 0 Å². The lowest BCUT2D eigenvalue weighted by atomic mass is 10.2. The molecule has 2 heterocycles. The number of hydrogen-bond donors (Lipinski definition) is 0. The van der Waals surface area contributed by atoms with E-state index in [1.54, 1.807) is 30.5 Å². The number of benzene rings is 1. The fraction of sp³-hybridized carbons (Fsp3) is 0.273. The highest BCUT2D eigenvalue weighted by Crippen LogP contribution is 2.19. The third kappa shape index (κ3) is 5.83. The van der Waals surface area contributed by atoms with Gasteiger partial charge in [-0.3, -0.25) is 9.78 Å². The zero-order valence-electron chi connectivity index (χ0n) is 16.6. The van der Waals surface area contributed by atoms with E-state index in [1.807, 2.05) is 49.4 Å². The summed E-state index contributed by atoms with van der Waals surface area (Å²) in [5, 5.41) is 0. The third-order valence-corrected chi connectivity index (χ3v) is 4.28. The first kappa shape index (κ1) is 20.4. The number of methoxy groups -OCH3 is 1. The van der Waals surface area contributed by atoms with Gasteiger partial charge in [-0.05, 0) is 24.6 Å². The SMILES string of the molecule is CCN(Cc1ccccc1)C(=O)COc1cc(COC)nc(-c2ccncc2)n1. The molecule has 0 aliphatic rings. The molecule has 1 amide bonds. The number of rotatable bonds is 9. The summed E-state index contributed by atoms with van der Waals surface area (Å²) in [6, 6.07) is 15.2. The van der Waals surface area contributed by atoms with E-state index in [9.17, 15) is 4.79 Å². The van der Waals surface area contributed by atoms with Crippen molar-refractivity contribution < 1.29 is 14.3 Å². The van der Waals surface area contributed by atoms with Crippen LogP contribution in [0.1, 0.15) is 18.2 Å². The van der Waals surface area contributed by atoms with Gasteiger partial charge >= 0.3 is 0 Å². The number of amides is 1. The molecule has 0 spiro atoms. The molecule has 7 heteroatoms. The first-order valence-corrected chi connectivity index (χ1v) is 9.41. The zero-order chi connectivity index (χ0) is 20.5. The molecule has 29 heavy (non-hydrogen) atoms. The summed E-state index contributed by atoms with van der Waals surface area (Å²) in [5.74, 6) is 0.734. The predicted octanol–water partition coefficient (Wildman–Crippen LogP) is 3.11. The zero-order valence-corrected chi connectivity index (χ0v) is 16.6. The Morgan fingerprint density at radius 1 is 1.07 bits per heavy atom. The largest absolute Gasteiger partial charge is 0.467 e. The predicted molar refractivity (Wildman–Crippen MR) is 109 cm³/mol. The molecular weight excluding hydrogens is 368 g/mol. The van der Waals surface area contributed by atoms with Crippen LogP contribution < -0.4 is 4.74 Å². The van der Waals surface area contributed by atoms with E-state index in [1.165, 1.54) is 0 Å². The second-order valence-corrected chi connectivity index (χ2v) is 6.37. The van der Waals surface area contributed by atoms with Crippen molar-refractivity contribution in [2.45, 2.75) is 20.1 Å². The second-order valence-electron chi connectivity index (χ2n) is 6.37. The summed E-state index contributed by atoms with van der Waals surface area (Å²) in [6.07, 6.45) is 3.35. The van der Waals surface area contributed by atoms with Crippen LogP contribution in [-0.4, -0.2) is 46.0 Å². The van der Waals surface area contributed by atoms with Gasteiger partial charge in [-0.1, -0.05) is 30.3 Å². The van der Waals surface area contributed by atoms with E-state index in [0.717, 1.165) is 11.1 Å². The lowest BCUT2D eigenvalue weighted by Crippen LogP contribution is -2.34. The van der Waals surface area contributed by atoms with Gasteiger partial charge < -0.3 is 14.4 Å². The van der Waals surface area contributed by atoms with Gasteiger partial charge in [-0.25, -0.2) is 4.98 Å². The number of aromatic nitrogens is 3. The quantitative estimate of drug-likeness (QED) is 0.557. The molecule has 7 nitrogen and oxygen atoms in total. The van der Waals surface area contributed by atoms with E-state index < -0.39 is 0 Å². The summed E-state index contributed by atoms with van der Waals surface area (Å²) in [5.41, 5.74) is 2.56. The minimum atomic E-state index is -0.103. The topological polar surface area (TPSA) is 77.4 Å². The normalized spacial score (nSPS) is 10.6. The molecule has 0 aliphatic heterocycles. The summed E-state index contributed by atoms with van der Waals surface area (Å²) in [4.78, 5) is 27.3. The summed E-state index contributed by atoms with van der Waals surface area (Å²) in [6.45, 7) is 3.31. The van der Waals surface area contributed by atoms with Crippen molar-refractivity contribution >= 4 is 5.91 Å². The van der Waals surface area contributed by atoms with E-state index in [-0.39, 0.29) is 12.5 Å². The smallest absolute Gasteiger partial charge is 0.260 e. The van der Waals surface area contributed by atoms with Gasteiger partial charge in [0.25, 0.3) is 5.91 Å². The van der Waals surface area contributed by atoms with Gasteiger partial charge in [0.1, 0.15) is 0 Å². The van der Waals surface area contributed by atoms with Gasteiger partial charge in [-0.15, -0.1) is 0 Å². The van der Waals surface area contributed by atoms with Crippen LogP contribution in [0, 0.1) is 0 Å². The third-order valence-electron chi connectivity index (χ3n) is 4.28. The molecular formula is C22H24N4O3. The summed E-state index contributed by atoms with van der Waals surface area (Å²) < 4.78 is 10.9. The highest BCUT2D eigenvalue weighted by molar-refractivity contribution is 5.77. The molecule has 0 bridgehead atoms. The molecule has 0 aliphatic carbocycles. The molecule has 0 saturated heterocycles. The fourth-order valence-corrected chi connectivity index (χ4v) is 2.81. The molecule has 0 fully saturated rings. The summed E-state index contributed by atoms with van der Waals surface area (Å²) >= 11 is 0. The van der Waals surface area contributed by atoms with E-state index in [0.29, 0.717) is 37.1 Å². The van der Waals surface area contributed by atoms with Crippen LogP contribution in [0.5, 0.6) is 5.88 Å². The lowest BCUT2D eigenvalue weighted by Gasteiger charge is -2.21. The van der Waals surface area contributed by atoms with Gasteiger partial charge in [0.05, 0.1) is 12.3 Å². The number of carbonyl (C=O) groups is 1. The first-order chi connectivity index (χ1) is 14.2. The maximum atomic E-state index is 12.6. The highest BCUT2D eigenvalue weighted by Gasteiger charge is 2.15. The highest BCUT2D eigenvalue weighted by atomic mass is 16.5. The van der Waals surface area contributed by atoms with Crippen LogP contribution in [0.25, 0.3) is 11.4 Å². The molecule has 3 rings (SSSR count). The Bertz CT molecular complexity index is 920. The number of pyridine rings is 1. The maximum Gasteiger partial charge on any atom is 0.260 e. The molecule has 0 atom stereocenters. The van der Waals surface area contributed by atoms with Crippen molar-refractivity contribution in [1.82, 2.24) is 19.9 Å². The molecule has 0 saturated carbocycles.